The molecule has 3 fully saturated rings. The molecule has 1 aromatic rings. The summed E-state index contributed by atoms with van der Waals surface area (Å²) in [5.74, 6) is -2.84. The minimum absolute atomic E-state index is 0.168. The molecule has 6 atom stereocenters. The summed E-state index contributed by atoms with van der Waals surface area (Å²) in [4.78, 5) is 43.8. The van der Waals surface area contributed by atoms with Crippen LogP contribution in [0.4, 0.5) is 5.69 Å². The molecule has 2 unspecified atom stereocenters. The van der Waals surface area contributed by atoms with Crippen molar-refractivity contribution in [2.45, 2.75) is 57.4 Å². The van der Waals surface area contributed by atoms with E-state index in [1.54, 1.807) is 32.1 Å². The second kappa shape index (κ2) is 9.32. The molecule has 9 heteroatoms. The number of aryl methyl sites for hydroxylation is 1. The van der Waals surface area contributed by atoms with Gasteiger partial charge in [0.1, 0.15) is 11.6 Å². The zero-order chi connectivity index (χ0) is 24.8. The van der Waals surface area contributed by atoms with Crippen molar-refractivity contribution in [3.63, 3.8) is 0 Å². The average Bonchev–Trinajstić information content (AvgIpc) is 3.45. The number of nitrogens with zero attached hydrogens (tertiary/aromatic N) is 2. The maximum atomic E-state index is 14.3. The van der Waals surface area contributed by atoms with Crippen molar-refractivity contribution >= 4 is 35.1 Å². The number of amides is 2. The van der Waals surface area contributed by atoms with Crippen molar-refractivity contribution in [1.82, 2.24) is 4.90 Å². The van der Waals surface area contributed by atoms with Crippen LogP contribution in [-0.4, -0.2) is 71.3 Å². The van der Waals surface area contributed by atoms with Gasteiger partial charge in [0.15, 0.2) is 0 Å². The number of likely N-dealkylation sites (tertiary alicyclic amines) is 1. The summed E-state index contributed by atoms with van der Waals surface area (Å²) in [6.45, 7) is 9.07. The average molecular weight is 491 g/mol. The first-order valence-electron chi connectivity index (χ1n) is 11.7. The number of rotatable bonds is 8. The first-order valence-corrected chi connectivity index (χ1v) is 12.1. The molecule has 0 aliphatic carbocycles. The van der Waals surface area contributed by atoms with E-state index in [9.17, 15) is 19.5 Å². The number of carbonyl (C=O) groups excluding carboxylic acids is 3. The van der Waals surface area contributed by atoms with Gasteiger partial charge in [0.05, 0.1) is 47.9 Å². The molecule has 184 valence electrons. The quantitative estimate of drug-likeness (QED) is 0.444. The van der Waals surface area contributed by atoms with E-state index >= 15 is 0 Å². The summed E-state index contributed by atoms with van der Waals surface area (Å²) in [5, 5.41) is 10.4. The molecule has 2 bridgehead atoms. The lowest BCUT2D eigenvalue weighted by molar-refractivity contribution is -0.155. The van der Waals surface area contributed by atoms with Crippen molar-refractivity contribution in [1.29, 1.82) is 0 Å². The molecule has 3 heterocycles. The molecule has 3 saturated heterocycles. The maximum absolute atomic E-state index is 14.3. The third-order valence-electron chi connectivity index (χ3n) is 7.31. The number of hydrogen-bond acceptors (Lipinski definition) is 6. The number of para-hydroxylation sites is 1. The molecule has 8 nitrogen and oxygen atoms in total. The van der Waals surface area contributed by atoms with E-state index in [0.29, 0.717) is 23.6 Å². The summed E-state index contributed by atoms with van der Waals surface area (Å²) >= 11 is 6.51. The van der Waals surface area contributed by atoms with Crippen LogP contribution in [0.5, 0.6) is 0 Å². The number of benzene rings is 1. The molecule has 4 rings (SSSR count). The van der Waals surface area contributed by atoms with Crippen LogP contribution >= 0.6 is 11.6 Å². The van der Waals surface area contributed by atoms with Gasteiger partial charge in [-0.15, -0.1) is 6.58 Å². The van der Waals surface area contributed by atoms with E-state index in [1.165, 1.54) is 9.80 Å². The van der Waals surface area contributed by atoms with Crippen molar-refractivity contribution in [3.8, 4) is 0 Å². The normalized spacial score (nSPS) is 30.3. The highest BCUT2D eigenvalue weighted by Gasteiger charge is 2.75. The number of aliphatic hydroxyl groups excluding tert-OH is 1. The molecular formula is C25H31ClN2O6. The molecule has 3 aliphatic rings. The van der Waals surface area contributed by atoms with E-state index < -0.39 is 41.6 Å². The van der Waals surface area contributed by atoms with Crippen LogP contribution < -0.4 is 4.90 Å². The Bertz CT molecular complexity index is 995. The molecule has 0 aromatic heterocycles. The first kappa shape index (κ1) is 24.7. The van der Waals surface area contributed by atoms with Crippen molar-refractivity contribution in [2.75, 3.05) is 24.7 Å². The number of ether oxygens (including phenoxy) is 2. The number of esters is 1. The Labute approximate surface area is 204 Å². The van der Waals surface area contributed by atoms with E-state index in [-0.39, 0.29) is 31.6 Å². The number of anilines is 1. The van der Waals surface area contributed by atoms with Crippen LogP contribution in [0, 0.1) is 18.8 Å². The highest BCUT2D eigenvalue weighted by atomic mass is 35.5. The zero-order valence-corrected chi connectivity index (χ0v) is 20.5. The van der Waals surface area contributed by atoms with Crippen LogP contribution in [0.25, 0.3) is 0 Å². The van der Waals surface area contributed by atoms with Gasteiger partial charge in [-0.3, -0.25) is 14.4 Å². The van der Waals surface area contributed by atoms with Gasteiger partial charge in [0.25, 0.3) is 5.91 Å². The topological polar surface area (TPSA) is 96.4 Å². The Kier molecular flexibility index (Phi) is 6.77. The summed E-state index contributed by atoms with van der Waals surface area (Å²) in [6.07, 6.45) is 2.12. The standard InChI is InChI=1S/C25H31ClN2O6/c1-5-12-27(20-14(3)8-7-9-16(20)26)23(31)21-25-11-10-17(34-25)18(24(32)33-6-2)19(25)22(30)28(21)15(4)13-29/h5,7-9,15,17-19,21,29H,1,6,10-13H2,2-4H3/t15-,17-,18+,19+,21?,25?/m1/s1. The van der Waals surface area contributed by atoms with Crippen LogP contribution in [0.1, 0.15) is 32.3 Å². The Morgan fingerprint density at radius 1 is 1.47 bits per heavy atom. The van der Waals surface area contributed by atoms with Gasteiger partial charge in [-0.1, -0.05) is 29.8 Å². The SMILES string of the molecule is C=CCN(C(=O)C1N([C@H](C)CO)C(=O)[C@@H]2[C@@H](C(=O)OCC)[C@H]3CCC12O3)c1c(C)cccc1Cl. The molecule has 3 aliphatic heterocycles. The number of hydrogen-bond donors (Lipinski definition) is 1. The van der Waals surface area contributed by atoms with Crippen molar-refractivity contribution < 1.29 is 29.0 Å². The molecule has 2 amide bonds. The van der Waals surface area contributed by atoms with E-state index in [4.69, 9.17) is 21.1 Å². The van der Waals surface area contributed by atoms with Crippen LogP contribution in [0.15, 0.2) is 30.9 Å². The third-order valence-corrected chi connectivity index (χ3v) is 7.61. The highest BCUT2D eigenvalue weighted by Crippen LogP contribution is 2.59. The number of carbonyl (C=O) groups is 3. The lowest BCUT2D eigenvalue weighted by Gasteiger charge is -2.39. The number of fused-ring (bicyclic) bond motifs is 1. The third kappa shape index (κ3) is 3.54. The fourth-order valence-corrected chi connectivity index (χ4v) is 6.30. The minimum Gasteiger partial charge on any atom is -0.466 e. The van der Waals surface area contributed by atoms with Crippen molar-refractivity contribution in [2.24, 2.45) is 11.8 Å². The lowest BCUT2D eigenvalue weighted by atomic mass is 9.70. The summed E-state index contributed by atoms with van der Waals surface area (Å²) in [6, 6.07) is 3.69. The van der Waals surface area contributed by atoms with E-state index in [0.717, 1.165) is 5.56 Å². The van der Waals surface area contributed by atoms with Crippen molar-refractivity contribution in [3.05, 3.63) is 41.4 Å². The molecule has 1 N–H and O–H groups in total. The minimum atomic E-state index is -1.17. The zero-order valence-electron chi connectivity index (χ0n) is 19.7. The van der Waals surface area contributed by atoms with E-state index in [2.05, 4.69) is 6.58 Å². The second-order valence-electron chi connectivity index (χ2n) is 9.23. The lowest BCUT2D eigenvalue weighted by Crippen LogP contribution is -2.58. The Balaban J connectivity index is 1.83. The predicted molar refractivity (Wildman–Crippen MR) is 126 cm³/mol. The van der Waals surface area contributed by atoms with Gasteiger partial charge in [-0.25, -0.2) is 0 Å². The smallest absolute Gasteiger partial charge is 0.312 e. The molecule has 34 heavy (non-hydrogen) atoms. The predicted octanol–water partition coefficient (Wildman–Crippen LogP) is 2.49. The first-order chi connectivity index (χ1) is 16.2. The number of aliphatic hydroxyl groups is 1. The van der Waals surface area contributed by atoms with E-state index in [1.807, 2.05) is 13.0 Å². The maximum Gasteiger partial charge on any atom is 0.312 e. The van der Waals surface area contributed by atoms with Gasteiger partial charge in [0, 0.05) is 6.54 Å². The summed E-state index contributed by atoms with van der Waals surface area (Å²) in [5.41, 5.74) is 0.158. The Hall–Kier alpha value is -2.42. The largest absolute Gasteiger partial charge is 0.466 e. The summed E-state index contributed by atoms with van der Waals surface area (Å²) in [7, 11) is 0. The molecule has 1 spiro atoms. The van der Waals surface area contributed by atoms with Gasteiger partial charge in [0.2, 0.25) is 5.91 Å². The van der Waals surface area contributed by atoms with Gasteiger partial charge in [-0.2, -0.15) is 0 Å². The van der Waals surface area contributed by atoms with Crippen LogP contribution in [0.3, 0.4) is 0 Å². The Morgan fingerprint density at radius 3 is 2.82 bits per heavy atom. The molecule has 0 saturated carbocycles. The van der Waals surface area contributed by atoms with Crippen LogP contribution in [0.2, 0.25) is 5.02 Å². The molecule has 1 aromatic carbocycles. The van der Waals surface area contributed by atoms with Crippen LogP contribution in [-0.2, 0) is 23.9 Å². The van der Waals surface area contributed by atoms with Gasteiger partial charge >= 0.3 is 5.97 Å². The van der Waals surface area contributed by atoms with Gasteiger partial charge < -0.3 is 24.4 Å². The number of halogens is 1. The fraction of sp³-hybridized carbons (Fsp3) is 0.560. The van der Waals surface area contributed by atoms with Gasteiger partial charge in [-0.05, 0) is 45.2 Å². The fourth-order valence-electron chi connectivity index (χ4n) is 5.97. The molecular weight excluding hydrogens is 460 g/mol. The molecule has 0 radical (unpaired) electrons. The highest BCUT2D eigenvalue weighted by molar-refractivity contribution is 6.34. The second-order valence-corrected chi connectivity index (χ2v) is 9.64. The summed E-state index contributed by atoms with van der Waals surface area (Å²) < 4.78 is 11.6. The Morgan fingerprint density at radius 2 is 2.21 bits per heavy atom. The monoisotopic (exact) mass is 490 g/mol.